The number of aryl methyl sites for hydroxylation is 1. The molecule has 0 bridgehead atoms. The van der Waals surface area contributed by atoms with E-state index >= 15 is 0 Å². The molecule has 28 heavy (non-hydrogen) atoms. The van der Waals surface area contributed by atoms with Crippen LogP contribution in [-0.2, 0) is 0 Å². The second-order valence-corrected chi connectivity index (χ2v) is 7.65. The zero-order valence-electron chi connectivity index (χ0n) is 15.2. The van der Waals surface area contributed by atoms with Gasteiger partial charge in [0.15, 0.2) is 0 Å². The Labute approximate surface area is 166 Å². The Balaban J connectivity index is 1.66. The normalized spacial score (nSPS) is 11.2. The average Bonchev–Trinajstić information content (AvgIpc) is 3.14. The third-order valence-corrected chi connectivity index (χ3v) is 5.79. The number of aromatic nitrogens is 2. The molecule has 0 fully saturated rings. The molecule has 136 valence electrons. The number of hydrogen-bond donors (Lipinski definition) is 2. The maximum absolute atomic E-state index is 10.2. The molecule has 0 saturated heterocycles. The highest BCUT2D eigenvalue weighted by Gasteiger charge is 2.13. The Morgan fingerprint density at radius 1 is 0.821 bits per heavy atom. The zero-order valence-corrected chi connectivity index (χ0v) is 16.0. The fourth-order valence-electron chi connectivity index (χ4n) is 3.40. The van der Waals surface area contributed by atoms with Crippen molar-refractivity contribution in [1.82, 2.24) is 9.97 Å². The first-order valence-electron chi connectivity index (χ1n) is 9.00. The van der Waals surface area contributed by atoms with E-state index in [2.05, 4.69) is 33.5 Å². The van der Waals surface area contributed by atoms with Crippen molar-refractivity contribution in [2.24, 2.45) is 0 Å². The number of hydrogen-bond acceptors (Lipinski definition) is 5. The van der Waals surface area contributed by atoms with E-state index in [0.29, 0.717) is 0 Å². The van der Waals surface area contributed by atoms with Gasteiger partial charge >= 0.3 is 0 Å². The molecule has 0 aliphatic rings. The Hall–Kier alpha value is -3.44. The molecule has 2 N–H and O–H groups in total. The number of phenols is 1. The number of thiophene rings is 1. The molecule has 0 spiro atoms. The molecule has 0 unspecified atom stereocenters. The third kappa shape index (κ3) is 2.86. The minimum absolute atomic E-state index is 0.270. The van der Waals surface area contributed by atoms with Crippen molar-refractivity contribution in [2.45, 2.75) is 6.92 Å². The predicted octanol–water partition coefficient (Wildman–Crippen LogP) is 6.27. The van der Waals surface area contributed by atoms with E-state index in [0.717, 1.165) is 43.2 Å². The van der Waals surface area contributed by atoms with Gasteiger partial charge in [-0.05, 0) is 30.7 Å². The summed E-state index contributed by atoms with van der Waals surface area (Å²) in [6, 6.07) is 23.8. The Morgan fingerprint density at radius 2 is 1.61 bits per heavy atom. The average molecular weight is 383 g/mol. The summed E-state index contributed by atoms with van der Waals surface area (Å²) in [5.74, 6) is 1.77. The van der Waals surface area contributed by atoms with Crippen LogP contribution in [0.2, 0.25) is 0 Å². The Morgan fingerprint density at radius 3 is 2.46 bits per heavy atom. The van der Waals surface area contributed by atoms with Crippen molar-refractivity contribution in [3.05, 3.63) is 78.6 Å². The van der Waals surface area contributed by atoms with Crippen LogP contribution < -0.4 is 5.32 Å². The van der Waals surface area contributed by atoms with Gasteiger partial charge in [0.1, 0.15) is 22.2 Å². The number of nitrogens with one attached hydrogen (secondary N) is 1. The van der Waals surface area contributed by atoms with Crippen molar-refractivity contribution in [1.29, 1.82) is 0 Å². The monoisotopic (exact) mass is 383 g/mol. The summed E-state index contributed by atoms with van der Waals surface area (Å²) in [6.07, 6.45) is 0. The fourth-order valence-corrected chi connectivity index (χ4v) is 4.48. The van der Waals surface area contributed by atoms with Gasteiger partial charge in [0.05, 0.1) is 5.39 Å². The molecule has 0 amide bonds. The Bertz CT molecular complexity index is 1310. The van der Waals surface area contributed by atoms with Gasteiger partial charge in [-0.25, -0.2) is 9.97 Å². The smallest absolute Gasteiger partial charge is 0.142 e. The molecule has 4 nitrogen and oxygen atoms in total. The SMILES string of the molecule is Cc1nc(Nc2cccc3c(O)cccc23)c2cc(-c3ccccc3)sc2n1. The van der Waals surface area contributed by atoms with Crippen LogP contribution >= 0.6 is 11.3 Å². The maximum atomic E-state index is 10.2. The van der Waals surface area contributed by atoms with E-state index in [9.17, 15) is 5.11 Å². The first kappa shape index (κ1) is 16.7. The van der Waals surface area contributed by atoms with Gasteiger partial charge in [0.2, 0.25) is 0 Å². The van der Waals surface area contributed by atoms with E-state index in [1.807, 2.05) is 55.5 Å². The van der Waals surface area contributed by atoms with E-state index in [1.165, 1.54) is 5.56 Å². The molecule has 5 aromatic rings. The quantitative estimate of drug-likeness (QED) is 0.385. The first-order chi connectivity index (χ1) is 13.7. The second-order valence-electron chi connectivity index (χ2n) is 6.62. The molecule has 0 aliphatic carbocycles. The standard InChI is InChI=1S/C23H17N3OS/c1-14-24-22(26-19-11-5-10-17-16(19)9-6-12-20(17)27)18-13-21(28-23(18)25-14)15-7-3-2-4-8-15/h2-13,27H,1H3,(H,24,25,26). The lowest BCUT2D eigenvalue weighted by Gasteiger charge is -2.11. The summed E-state index contributed by atoms with van der Waals surface area (Å²) in [6.45, 7) is 1.90. The highest BCUT2D eigenvalue weighted by Crippen LogP contribution is 2.37. The zero-order chi connectivity index (χ0) is 19.1. The molecule has 0 atom stereocenters. The van der Waals surface area contributed by atoms with Crippen LogP contribution in [0.1, 0.15) is 5.82 Å². The number of phenolic OH excluding ortho intramolecular Hbond substituents is 1. The van der Waals surface area contributed by atoms with Crippen LogP contribution in [0.15, 0.2) is 72.8 Å². The number of rotatable bonds is 3. The lowest BCUT2D eigenvalue weighted by molar-refractivity contribution is 0.481. The molecule has 0 aliphatic heterocycles. The molecular weight excluding hydrogens is 366 g/mol. The minimum Gasteiger partial charge on any atom is -0.507 e. The maximum Gasteiger partial charge on any atom is 0.142 e. The largest absolute Gasteiger partial charge is 0.507 e. The topological polar surface area (TPSA) is 58.0 Å². The van der Waals surface area contributed by atoms with E-state index in [1.54, 1.807) is 17.4 Å². The van der Waals surface area contributed by atoms with Gasteiger partial charge in [0.25, 0.3) is 0 Å². The van der Waals surface area contributed by atoms with E-state index in [4.69, 9.17) is 0 Å². The molecular formula is C23H17N3OS. The predicted molar refractivity (Wildman–Crippen MR) is 116 cm³/mol. The van der Waals surface area contributed by atoms with E-state index < -0.39 is 0 Å². The Kier molecular flexibility index (Phi) is 3.95. The van der Waals surface area contributed by atoms with Crippen molar-refractivity contribution in [3.8, 4) is 16.2 Å². The van der Waals surface area contributed by atoms with Gasteiger partial charge in [-0.1, -0.05) is 54.6 Å². The highest BCUT2D eigenvalue weighted by molar-refractivity contribution is 7.21. The van der Waals surface area contributed by atoms with E-state index in [-0.39, 0.29) is 5.75 Å². The summed E-state index contributed by atoms with van der Waals surface area (Å²) in [5.41, 5.74) is 2.07. The third-order valence-electron chi connectivity index (χ3n) is 4.71. The molecule has 3 aromatic carbocycles. The molecule has 2 aromatic heterocycles. The van der Waals surface area contributed by atoms with Crippen LogP contribution in [0.3, 0.4) is 0 Å². The summed E-state index contributed by atoms with van der Waals surface area (Å²) >= 11 is 1.66. The number of benzene rings is 3. The highest BCUT2D eigenvalue weighted by atomic mass is 32.1. The minimum atomic E-state index is 0.270. The van der Waals surface area contributed by atoms with Gasteiger partial charge < -0.3 is 10.4 Å². The van der Waals surface area contributed by atoms with Crippen LogP contribution in [0.25, 0.3) is 31.4 Å². The van der Waals surface area contributed by atoms with Crippen molar-refractivity contribution < 1.29 is 5.11 Å². The molecule has 0 radical (unpaired) electrons. The number of fused-ring (bicyclic) bond motifs is 2. The summed E-state index contributed by atoms with van der Waals surface area (Å²) in [7, 11) is 0. The number of nitrogens with zero attached hydrogens (tertiary/aromatic N) is 2. The van der Waals surface area contributed by atoms with Gasteiger partial charge in [0, 0.05) is 21.3 Å². The lowest BCUT2D eigenvalue weighted by atomic mass is 10.1. The van der Waals surface area contributed by atoms with Crippen LogP contribution in [0, 0.1) is 6.92 Å². The number of anilines is 2. The van der Waals surface area contributed by atoms with Crippen LogP contribution in [-0.4, -0.2) is 15.1 Å². The molecule has 5 heteroatoms. The molecule has 2 heterocycles. The van der Waals surface area contributed by atoms with Crippen molar-refractivity contribution in [3.63, 3.8) is 0 Å². The van der Waals surface area contributed by atoms with Crippen LogP contribution in [0.4, 0.5) is 11.5 Å². The van der Waals surface area contributed by atoms with Crippen molar-refractivity contribution in [2.75, 3.05) is 5.32 Å². The molecule has 5 rings (SSSR count). The van der Waals surface area contributed by atoms with Crippen molar-refractivity contribution >= 4 is 43.8 Å². The van der Waals surface area contributed by atoms with Gasteiger partial charge in [-0.3, -0.25) is 0 Å². The summed E-state index contributed by atoms with van der Waals surface area (Å²) in [5, 5.41) is 16.4. The molecule has 0 saturated carbocycles. The summed E-state index contributed by atoms with van der Waals surface area (Å²) < 4.78 is 0. The number of aromatic hydroxyl groups is 1. The van der Waals surface area contributed by atoms with Gasteiger partial charge in [-0.2, -0.15) is 0 Å². The van der Waals surface area contributed by atoms with Crippen LogP contribution in [0.5, 0.6) is 5.75 Å². The summed E-state index contributed by atoms with van der Waals surface area (Å²) in [4.78, 5) is 11.4. The second kappa shape index (κ2) is 6.62. The van der Waals surface area contributed by atoms with Gasteiger partial charge in [-0.15, -0.1) is 11.3 Å². The lowest BCUT2D eigenvalue weighted by Crippen LogP contribution is -1.98. The first-order valence-corrected chi connectivity index (χ1v) is 9.82. The fraction of sp³-hybridized carbons (Fsp3) is 0.0435.